The van der Waals surface area contributed by atoms with Crippen LogP contribution in [0.2, 0.25) is 0 Å². The lowest BCUT2D eigenvalue weighted by Crippen LogP contribution is -2.50. The fourth-order valence-corrected chi connectivity index (χ4v) is 3.23. The largest absolute Gasteiger partial charge is 0.305 e. The smallest absolute Gasteiger partial charge is 0.200 e. The first-order chi connectivity index (χ1) is 9.60. The highest BCUT2D eigenvalue weighted by atomic mass is 127. The SMILES string of the molecule is C#CC(I)[N+](C)(CCCCCCC)CCCCCCC. The van der Waals surface area contributed by atoms with Gasteiger partial charge in [-0.1, -0.05) is 52.4 Å². The number of hydrogen-bond acceptors (Lipinski definition) is 0. The van der Waals surface area contributed by atoms with Crippen molar-refractivity contribution in [1.82, 2.24) is 0 Å². The highest BCUT2D eigenvalue weighted by molar-refractivity contribution is 14.1. The lowest BCUT2D eigenvalue weighted by atomic mass is 10.1. The molecule has 0 saturated heterocycles. The van der Waals surface area contributed by atoms with Gasteiger partial charge in [0.1, 0.15) is 0 Å². The molecule has 2 heteroatoms. The Hall–Kier alpha value is 0.250. The zero-order valence-corrected chi connectivity index (χ0v) is 16.1. The Morgan fingerprint density at radius 1 is 0.850 bits per heavy atom. The van der Waals surface area contributed by atoms with Gasteiger partial charge in [0.25, 0.3) is 0 Å². The van der Waals surface area contributed by atoms with E-state index in [0.29, 0.717) is 4.05 Å². The first kappa shape index (κ1) is 20.2. The van der Waals surface area contributed by atoms with Gasteiger partial charge in [-0.05, 0) is 31.6 Å². The zero-order valence-electron chi connectivity index (χ0n) is 14.0. The van der Waals surface area contributed by atoms with Crippen molar-refractivity contribution >= 4 is 22.6 Å². The Morgan fingerprint density at radius 2 is 1.25 bits per heavy atom. The van der Waals surface area contributed by atoms with Crippen molar-refractivity contribution < 1.29 is 4.48 Å². The van der Waals surface area contributed by atoms with Gasteiger partial charge in [0.05, 0.1) is 20.1 Å². The molecule has 0 aromatic rings. The van der Waals surface area contributed by atoms with Gasteiger partial charge in [0.15, 0.2) is 4.05 Å². The average molecular weight is 392 g/mol. The average Bonchev–Trinajstić information content (AvgIpc) is 2.46. The van der Waals surface area contributed by atoms with Gasteiger partial charge in [-0.15, -0.1) is 6.42 Å². The predicted octanol–water partition coefficient (Wildman–Crippen LogP) is 5.77. The molecule has 0 aliphatic rings. The van der Waals surface area contributed by atoms with Crippen molar-refractivity contribution in [2.45, 2.75) is 82.1 Å². The third-order valence-electron chi connectivity index (χ3n) is 4.23. The van der Waals surface area contributed by atoms with Crippen LogP contribution >= 0.6 is 22.6 Å². The molecule has 20 heavy (non-hydrogen) atoms. The third-order valence-corrected chi connectivity index (χ3v) is 5.93. The maximum absolute atomic E-state index is 5.69. The second-order valence-electron chi connectivity index (χ2n) is 6.26. The minimum Gasteiger partial charge on any atom is -0.305 e. The summed E-state index contributed by atoms with van der Waals surface area (Å²) in [6.07, 6.45) is 19.2. The Labute approximate surface area is 141 Å². The van der Waals surface area contributed by atoms with E-state index < -0.39 is 0 Å². The Kier molecular flexibility index (Phi) is 13.1. The van der Waals surface area contributed by atoms with Crippen LogP contribution < -0.4 is 0 Å². The van der Waals surface area contributed by atoms with Gasteiger partial charge >= 0.3 is 0 Å². The van der Waals surface area contributed by atoms with Gasteiger partial charge < -0.3 is 4.48 Å². The van der Waals surface area contributed by atoms with Crippen LogP contribution in [0.3, 0.4) is 0 Å². The topological polar surface area (TPSA) is 0 Å². The normalized spacial score (nSPS) is 13.2. The molecule has 0 heterocycles. The number of terminal acetylenes is 1. The molecule has 0 rings (SSSR count). The van der Waals surface area contributed by atoms with E-state index in [-0.39, 0.29) is 0 Å². The summed E-state index contributed by atoms with van der Waals surface area (Å²) in [5.74, 6) is 2.97. The molecule has 0 bridgehead atoms. The molecule has 1 unspecified atom stereocenters. The van der Waals surface area contributed by atoms with Crippen LogP contribution in [-0.4, -0.2) is 28.7 Å². The molecular formula is C18H35IN+. The van der Waals surface area contributed by atoms with Crippen molar-refractivity contribution in [2.75, 3.05) is 20.1 Å². The maximum Gasteiger partial charge on any atom is 0.200 e. The van der Waals surface area contributed by atoms with E-state index in [9.17, 15) is 0 Å². The van der Waals surface area contributed by atoms with E-state index >= 15 is 0 Å². The number of quaternary nitrogens is 1. The predicted molar refractivity (Wildman–Crippen MR) is 100 cm³/mol. The Balaban J connectivity index is 4.06. The fraction of sp³-hybridized carbons (Fsp3) is 0.889. The quantitative estimate of drug-likeness (QED) is 0.0933. The van der Waals surface area contributed by atoms with Crippen LogP contribution in [-0.2, 0) is 0 Å². The second kappa shape index (κ2) is 13.0. The van der Waals surface area contributed by atoms with Gasteiger partial charge in [0, 0.05) is 22.6 Å². The zero-order chi connectivity index (χ0) is 15.3. The molecule has 0 aromatic heterocycles. The number of alkyl halides is 1. The van der Waals surface area contributed by atoms with Crippen molar-refractivity contribution in [2.24, 2.45) is 0 Å². The summed E-state index contributed by atoms with van der Waals surface area (Å²) >= 11 is 2.46. The van der Waals surface area contributed by atoms with Crippen LogP contribution in [0.1, 0.15) is 78.1 Å². The van der Waals surface area contributed by atoms with Crippen LogP contribution in [0.4, 0.5) is 0 Å². The summed E-state index contributed by atoms with van der Waals surface area (Å²) in [5, 5.41) is 0. The molecule has 0 aliphatic heterocycles. The van der Waals surface area contributed by atoms with Gasteiger partial charge in [-0.2, -0.15) is 0 Å². The lowest BCUT2D eigenvalue weighted by Gasteiger charge is -2.37. The van der Waals surface area contributed by atoms with Crippen LogP contribution in [0, 0.1) is 12.3 Å². The summed E-state index contributed by atoms with van der Waals surface area (Å²) in [5.41, 5.74) is 0. The first-order valence-corrected chi connectivity index (χ1v) is 9.79. The van der Waals surface area contributed by atoms with Crippen LogP contribution in [0.5, 0.6) is 0 Å². The molecule has 0 radical (unpaired) electrons. The minimum atomic E-state index is 0.324. The number of unbranched alkanes of at least 4 members (excludes halogenated alkanes) is 8. The van der Waals surface area contributed by atoms with E-state index in [1.807, 2.05) is 0 Å². The highest BCUT2D eigenvalue weighted by Crippen LogP contribution is 2.20. The van der Waals surface area contributed by atoms with Crippen LogP contribution in [0.15, 0.2) is 0 Å². The maximum atomic E-state index is 5.69. The number of rotatable bonds is 13. The van der Waals surface area contributed by atoms with Crippen molar-refractivity contribution in [3.8, 4) is 12.3 Å². The van der Waals surface area contributed by atoms with Crippen molar-refractivity contribution in [3.05, 3.63) is 0 Å². The van der Waals surface area contributed by atoms with Gasteiger partial charge in [0.2, 0.25) is 0 Å². The lowest BCUT2D eigenvalue weighted by molar-refractivity contribution is -0.908. The van der Waals surface area contributed by atoms with Gasteiger partial charge in [-0.25, -0.2) is 0 Å². The Bertz CT molecular complexity index is 243. The third kappa shape index (κ3) is 9.23. The molecule has 0 aliphatic carbocycles. The first-order valence-electron chi connectivity index (χ1n) is 8.55. The minimum absolute atomic E-state index is 0.324. The molecule has 0 saturated carbocycles. The summed E-state index contributed by atoms with van der Waals surface area (Å²) in [7, 11) is 2.36. The monoisotopic (exact) mass is 392 g/mol. The number of hydrogen-bond donors (Lipinski definition) is 0. The summed E-state index contributed by atoms with van der Waals surface area (Å²) in [6.45, 7) is 7.04. The molecule has 0 amide bonds. The standard InChI is InChI=1S/C18H35IN/c1-5-8-10-12-14-16-20(4,18(19)7-3)17-15-13-11-9-6-2/h3,18H,5-6,8-17H2,1-2,4H3/q+1. The molecule has 0 aromatic carbocycles. The van der Waals surface area contributed by atoms with Crippen molar-refractivity contribution in [1.29, 1.82) is 0 Å². The molecule has 1 atom stereocenters. The number of halogens is 1. The summed E-state index contributed by atoms with van der Waals surface area (Å²) in [4.78, 5) is 0. The van der Waals surface area contributed by atoms with E-state index in [2.05, 4.69) is 49.4 Å². The van der Waals surface area contributed by atoms with Crippen molar-refractivity contribution in [3.63, 3.8) is 0 Å². The molecule has 0 N–H and O–H groups in total. The molecule has 0 spiro atoms. The highest BCUT2D eigenvalue weighted by Gasteiger charge is 2.27. The molecule has 1 nitrogen and oxygen atoms in total. The Morgan fingerprint density at radius 3 is 1.60 bits per heavy atom. The molecule has 118 valence electrons. The molecular weight excluding hydrogens is 357 g/mol. The van der Waals surface area contributed by atoms with E-state index in [1.54, 1.807) is 0 Å². The van der Waals surface area contributed by atoms with Crippen LogP contribution in [0.25, 0.3) is 0 Å². The van der Waals surface area contributed by atoms with E-state index in [4.69, 9.17) is 6.42 Å². The summed E-state index contributed by atoms with van der Waals surface area (Å²) in [6, 6.07) is 0. The van der Waals surface area contributed by atoms with E-state index in [1.165, 1.54) is 77.3 Å². The fourth-order valence-electron chi connectivity index (χ4n) is 2.67. The summed E-state index contributed by atoms with van der Waals surface area (Å²) < 4.78 is 1.39. The molecule has 0 fully saturated rings. The van der Waals surface area contributed by atoms with E-state index in [0.717, 1.165) is 4.48 Å². The van der Waals surface area contributed by atoms with Gasteiger partial charge in [-0.3, -0.25) is 0 Å². The number of nitrogens with zero attached hydrogens (tertiary/aromatic N) is 1. The second-order valence-corrected chi connectivity index (χ2v) is 7.44.